The van der Waals surface area contributed by atoms with Crippen LogP contribution in [0, 0.1) is 5.92 Å². The van der Waals surface area contributed by atoms with Crippen LogP contribution in [0.15, 0.2) is 12.7 Å². The van der Waals surface area contributed by atoms with Gasteiger partial charge in [-0.05, 0) is 31.0 Å². The molecule has 0 aromatic rings. The lowest BCUT2D eigenvalue weighted by atomic mass is 10.0. The average molecular weight is 256 g/mol. The maximum Gasteiger partial charge on any atom is 0.192 e. The zero-order chi connectivity index (χ0) is 13.3. The molecule has 0 radical (unpaired) electrons. The second kappa shape index (κ2) is 8.64. The molecule has 0 aliphatic carbocycles. The van der Waals surface area contributed by atoms with Gasteiger partial charge in [0.05, 0.1) is 6.10 Å². The van der Waals surface area contributed by atoms with Crippen molar-refractivity contribution in [1.29, 1.82) is 0 Å². The van der Waals surface area contributed by atoms with Crippen LogP contribution in [-0.2, 0) is 9.22 Å². The number of allylic oxidation sites excluding steroid dienone is 1. The van der Waals surface area contributed by atoms with E-state index in [4.69, 9.17) is 4.43 Å². The Balaban J connectivity index is 4.68. The van der Waals surface area contributed by atoms with Gasteiger partial charge >= 0.3 is 0 Å². The molecule has 0 saturated heterocycles. The van der Waals surface area contributed by atoms with Crippen LogP contribution >= 0.6 is 0 Å². The maximum atomic E-state index is 11.0. The molecule has 0 rings (SSSR count). The fourth-order valence-electron chi connectivity index (χ4n) is 2.12. The zero-order valence-corrected chi connectivity index (χ0v) is 12.9. The van der Waals surface area contributed by atoms with E-state index in [1.54, 1.807) is 0 Å². The van der Waals surface area contributed by atoms with Gasteiger partial charge in [0.1, 0.15) is 6.29 Å². The minimum Gasteiger partial charge on any atom is -0.413 e. The van der Waals surface area contributed by atoms with Crippen molar-refractivity contribution in [3.63, 3.8) is 0 Å². The summed E-state index contributed by atoms with van der Waals surface area (Å²) >= 11 is 0. The van der Waals surface area contributed by atoms with E-state index in [0.29, 0.717) is 0 Å². The van der Waals surface area contributed by atoms with Crippen LogP contribution < -0.4 is 0 Å². The second-order valence-electron chi connectivity index (χ2n) is 4.76. The normalized spacial score (nSPS) is 15.3. The van der Waals surface area contributed by atoms with Crippen molar-refractivity contribution in [2.75, 3.05) is 0 Å². The largest absolute Gasteiger partial charge is 0.413 e. The molecule has 2 nitrogen and oxygen atoms in total. The number of hydrogen-bond donors (Lipinski definition) is 0. The predicted octanol–water partition coefficient (Wildman–Crippen LogP) is 4.18. The summed E-state index contributed by atoms with van der Waals surface area (Å²) in [6, 6.07) is 3.41. The van der Waals surface area contributed by atoms with Gasteiger partial charge in [0, 0.05) is 5.92 Å². The molecule has 100 valence electrons. The standard InChI is InChI=1S/C14H28O2Si/c1-6-10-11-14(13(5)12-15)16-17(7-2,8-3)9-4/h6,12-14H,1,7-11H2,2-5H3/t13-,14-/m1/s1. The summed E-state index contributed by atoms with van der Waals surface area (Å²) in [6.07, 6.45) is 4.84. The topological polar surface area (TPSA) is 26.3 Å². The van der Waals surface area contributed by atoms with Crippen molar-refractivity contribution in [1.82, 2.24) is 0 Å². The Morgan fingerprint density at radius 2 is 1.76 bits per heavy atom. The molecule has 0 heterocycles. The highest BCUT2D eigenvalue weighted by atomic mass is 28.4. The van der Waals surface area contributed by atoms with Gasteiger partial charge in [-0.15, -0.1) is 6.58 Å². The van der Waals surface area contributed by atoms with Crippen molar-refractivity contribution < 1.29 is 9.22 Å². The van der Waals surface area contributed by atoms with E-state index in [-0.39, 0.29) is 12.0 Å². The van der Waals surface area contributed by atoms with Gasteiger partial charge in [-0.25, -0.2) is 0 Å². The summed E-state index contributed by atoms with van der Waals surface area (Å²) in [7, 11) is -1.60. The molecule has 0 bridgehead atoms. The van der Waals surface area contributed by atoms with Crippen molar-refractivity contribution in [3.05, 3.63) is 12.7 Å². The summed E-state index contributed by atoms with van der Waals surface area (Å²) < 4.78 is 6.40. The Kier molecular flexibility index (Phi) is 8.43. The van der Waals surface area contributed by atoms with E-state index in [9.17, 15) is 4.79 Å². The molecule has 0 aliphatic heterocycles. The first kappa shape index (κ1) is 16.6. The van der Waals surface area contributed by atoms with Crippen LogP contribution in [0.2, 0.25) is 18.1 Å². The summed E-state index contributed by atoms with van der Waals surface area (Å²) in [5.41, 5.74) is 0. The molecule has 3 heteroatoms. The summed E-state index contributed by atoms with van der Waals surface area (Å²) in [5, 5.41) is 0. The molecule has 0 aromatic heterocycles. The van der Waals surface area contributed by atoms with E-state index < -0.39 is 8.32 Å². The van der Waals surface area contributed by atoms with Gasteiger partial charge in [0.2, 0.25) is 0 Å². The number of aldehydes is 1. The third kappa shape index (κ3) is 5.17. The lowest BCUT2D eigenvalue weighted by molar-refractivity contribution is -0.113. The fourth-order valence-corrected chi connectivity index (χ4v) is 5.09. The predicted molar refractivity (Wildman–Crippen MR) is 76.7 cm³/mol. The zero-order valence-electron chi connectivity index (χ0n) is 11.9. The van der Waals surface area contributed by atoms with E-state index >= 15 is 0 Å². The third-order valence-electron chi connectivity index (χ3n) is 3.79. The molecule has 2 atom stereocenters. The quantitative estimate of drug-likeness (QED) is 0.333. The lowest BCUT2D eigenvalue weighted by Crippen LogP contribution is -2.42. The van der Waals surface area contributed by atoms with Crippen LogP contribution in [-0.4, -0.2) is 20.7 Å². The van der Waals surface area contributed by atoms with Crippen molar-refractivity contribution in [2.45, 2.75) is 64.8 Å². The van der Waals surface area contributed by atoms with Gasteiger partial charge in [0.15, 0.2) is 8.32 Å². The smallest absolute Gasteiger partial charge is 0.192 e. The van der Waals surface area contributed by atoms with E-state index in [0.717, 1.165) is 37.3 Å². The molecule has 0 aromatic carbocycles. The van der Waals surface area contributed by atoms with Crippen LogP contribution in [0.5, 0.6) is 0 Å². The highest BCUT2D eigenvalue weighted by Gasteiger charge is 2.33. The molecule has 17 heavy (non-hydrogen) atoms. The van der Waals surface area contributed by atoms with Crippen LogP contribution in [0.3, 0.4) is 0 Å². The molecule has 0 spiro atoms. The first-order chi connectivity index (χ1) is 8.09. The molecule has 0 unspecified atom stereocenters. The lowest BCUT2D eigenvalue weighted by Gasteiger charge is -2.34. The molecule has 0 amide bonds. The minimum absolute atomic E-state index is 0.00789. The number of hydrogen-bond acceptors (Lipinski definition) is 2. The monoisotopic (exact) mass is 256 g/mol. The highest BCUT2D eigenvalue weighted by Crippen LogP contribution is 2.27. The van der Waals surface area contributed by atoms with Crippen LogP contribution in [0.25, 0.3) is 0 Å². The molecule has 0 N–H and O–H groups in total. The molecule has 0 fully saturated rings. The Hall–Kier alpha value is -0.413. The van der Waals surface area contributed by atoms with Crippen molar-refractivity contribution in [2.24, 2.45) is 5.92 Å². The fraction of sp³-hybridized carbons (Fsp3) is 0.786. The summed E-state index contributed by atoms with van der Waals surface area (Å²) in [6.45, 7) is 12.4. The first-order valence-corrected chi connectivity index (χ1v) is 9.36. The number of carbonyl (C=O) groups excluding carboxylic acids is 1. The van der Waals surface area contributed by atoms with E-state index in [2.05, 4.69) is 27.4 Å². The number of rotatable bonds is 10. The minimum atomic E-state index is -1.60. The van der Waals surface area contributed by atoms with Crippen LogP contribution in [0.1, 0.15) is 40.5 Å². The molecular weight excluding hydrogens is 228 g/mol. The first-order valence-electron chi connectivity index (χ1n) is 6.83. The highest BCUT2D eigenvalue weighted by molar-refractivity contribution is 6.73. The molecular formula is C14H28O2Si. The van der Waals surface area contributed by atoms with Gasteiger partial charge in [-0.3, -0.25) is 0 Å². The van der Waals surface area contributed by atoms with Crippen LogP contribution in [0.4, 0.5) is 0 Å². The average Bonchev–Trinajstić information content (AvgIpc) is 2.39. The SMILES string of the molecule is C=CCC[C@@H](O[Si](CC)(CC)CC)[C@H](C)C=O. The number of carbonyl (C=O) groups is 1. The van der Waals surface area contributed by atoms with Crippen molar-refractivity contribution in [3.8, 4) is 0 Å². The van der Waals surface area contributed by atoms with Crippen molar-refractivity contribution >= 4 is 14.6 Å². The summed E-state index contributed by atoms with van der Waals surface area (Å²) in [5.74, 6) is -0.00789. The van der Waals surface area contributed by atoms with E-state index in [1.165, 1.54) is 0 Å². The Labute approximate surface area is 108 Å². The Morgan fingerprint density at radius 1 is 1.24 bits per heavy atom. The van der Waals surface area contributed by atoms with Gasteiger partial charge in [-0.1, -0.05) is 33.8 Å². The molecule has 0 saturated carbocycles. The van der Waals surface area contributed by atoms with Gasteiger partial charge < -0.3 is 9.22 Å². The Morgan fingerprint density at radius 3 is 2.12 bits per heavy atom. The van der Waals surface area contributed by atoms with Gasteiger partial charge in [-0.2, -0.15) is 0 Å². The third-order valence-corrected chi connectivity index (χ3v) is 8.46. The Bertz CT molecular complexity index is 216. The van der Waals surface area contributed by atoms with E-state index in [1.807, 2.05) is 13.0 Å². The second-order valence-corrected chi connectivity index (χ2v) is 9.48. The molecule has 0 aliphatic rings. The maximum absolute atomic E-state index is 11.0. The van der Waals surface area contributed by atoms with Gasteiger partial charge in [0.25, 0.3) is 0 Å². The summed E-state index contributed by atoms with van der Waals surface area (Å²) in [4.78, 5) is 11.0.